The molecular formula is C14H20FNO2. The van der Waals surface area contributed by atoms with Crippen molar-refractivity contribution in [3.05, 3.63) is 35.1 Å². The third kappa shape index (κ3) is 3.53. The number of carbonyl (C=O) groups is 1. The second-order valence-electron chi connectivity index (χ2n) is 3.89. The molecule has 1 saturated heterocycles. The smallest absolute Gasteiger partial charge is 0.256 e. The molecule has 0 atom stereocenters. The van der Waals surface area contributed by atoms with E-state index >= 15 is 0 Å². The van der Waals surface area contributed by atoms with Crippen LogP contribution in [0, 0.1) is 12.7 Å². The summed E-state index contributed by atoms with van der Waals surface area (Å²) < 4.78 is 18.6. The maximum Gasteiger partial charge on any atom is 0.256 e. The van der Waals surface area contributed by atoms with Crippen molar-refractivity contribution in [2.75, 3.05) is 26.3 Å². The van der Waals surface area contributed by atoms with Gasteiger partial charge in [0.1, 0.15) is 5.82 Å². The van der Waals surface area contributed by atoms with Crippen molar-refractivity contribution < 1.29 is 13.9 Å². The van der Waals surface area contributed by atoms with Gasteiger partial charge in [-0.05, 0) is 19.1 Å². The Labute approximate surface area is 108 Å². The number of carbonyl (C=O) groups excluding carboxylic acids is 1. The van der Waals surface area contributed by atoms with Crippen molar-refractivity contribution in [2.24, 2.45) is 0 Å². The molecule has 1 amide bonds. The van der Waals surface area contributed by atoms with Gasteiger partial charge in [0.05, 0.1) is 18.8 Å². The first-order valence-corrected chi connectivity index (χ1v) is 6.31. The third-order valence-corrected chi connectivity index (χ3v) is 2.65. The molecule has 1 fully saturated rings. The summed E-state index contributed by atoms with van der Waals surface area (Å²) >= 11 is 0. The fraction of sp³-hybridized carbons (Fsp3) is 0.500. The number of halogens is 1. The SMILES string of the molecule is CC.Cc1ccc(F)c(C(=O)N2CCOCC2)c1. The van der Waals surface area contributed by atoms with E-state index in [-0.39, 0.29) is 11.5 Å². The van der Waals surface area contributed by atoms with Crippen LogP contribution in [0.15, 0.2) is 18.2 Å². The average molecular weight is 253 g/mol. The molecule has 3 nitrogen and oxygen atoms in total. The predicted molar refractivity (Wildman–Crippen MR) is 69.2 cm³/mol. The summed E-state index contributed by atoms with van der Waals surface area (Å²) in [6.07, 6.45) is 0. The van der Waals surface area contributed by atoms with Gasteiger partial charge in [-0.25, -0.2) is 4.39 Å². The molecule has 1 aromatic rings. The summed E-state index contributed by atoms with van der Waals surface area (Å²) in [5, 5.41) is 0. The lowest BCUT2D eigenvalue weighted by Gasteiger charge is -2.27. The lowest BCUT2D eigenvalue weighted by molar-refractivity contribution is 0.0300. The maximum atomic E-state index is 13.5. The summed E-state index contributed by atoms with van der Waals surface area (Å²) in [6, 6.07) is 4.58. The topological polar surface area (TPSA) is 29.5 Å². The Morgan fingerprint density at radius 1 is 1.28 bits per heavy atom. The number of aryl methyl sites for hydroxylation is 1. The first-order chi connectivity index (χ1) is 8.68. The molecular weight excluding hydrogens is 233 g/mol. The second-order valence-corrected chi connectivity index (χ2v) is 3.89. The number of hydrogen-bond donors (Lipinski definition) is 0. The fourth-order valence-corrected chi connectivity index (χ4v) is 1.74. The van der Waals surface area contributed by atoms with Crippen molar-refractivity contribution in [1.29, 1.82) is 0 Å². The van der Waals surface area contributed by atoms with Crippen LogP contribution in [0.4, 0.5) is 4.39 Å². The van der Waals surface area contributed by atoms with Gasteiger partial charge < -0.3 is 9.64 Å². The molecule has 4 heteroatoms. The molecule has 1 aliphatic heterocycles. The van der Waals surface area contributed by atoms with Gasteiger partial charge in [-0.15, -0.1) is 0 Å². The molecule has 0 bridgehead atoms. The van der Waals surface area contributed by atoms with E-state index in [1.54, 1.807) is 17.0 Å². The third-order valence-electron chi connectivity index (χ3n) is 2.65. The minimum absolute atomic E-state index is 0.155. The second kappa shape index (κ2) is 7.11. The molecule has 1 aliphatic rings. The molecule has 0 saturated carbocycles. The maximum absolute atomic E-state index is 13.5. The Hall–Kier alpha value is -1.42. The molecule has 0 spiro atoms. The summed E-state index contributed by atoms with van der Waals surface area (Å²) in [5.74, 6) is -0.702. The zero-order chi connectivity index (χ0) is 13.5. The quantitative estimate of drug-likeness (QED) is 0.770. The number of nitrogens with zero attached hydrogens (tertiary/aromatic N) is 1. The number of morpholine rings is 1. The van der Waals surface area contributed by atoms with E-state index in [1.807, 2.05) is 20.8 Å². The normalized spacial score (nSPS) is 14.8. The van der Waals surface area contributed by atoms with Crippen molar-refractivity contribution in [3.63, 3.8) is 0 Å². The Morgan fingerprint density at radius 2 is 1.89 bits per heavy atom. The van der Waals surface area contributed by atoms with Gasteiger partial charge in [-0.2, -0.15) is 0 Å². The van der Waals surface area contributed by atoms with Gasteiger partial charge in [0.2, 0.25) is 0 Å². The summed E-state index contributed by atoms with van der Waals surface area (Å²) in [5.41, 5.74) is 1.04. The highest BCUT2D eigenvalue weighted by atomic mass is 19.1. The number of hydrogen-bond acceptors (Lipinski definition) is 2. The van der Waals surface area contributed by atoms with Crippen LogP contribution in [0.5, 0.6) is 0 Å². The number of benzene rings is 1. The zero-order valence-electron chi connectivity index (χ0n) is 11.2. The molecule has 1 heterocycles. The minimum Gasteiger partial charge on any atom is -0.378 e. The number of amides is 1. The summed E-state index contributed by atoms with van der Waals surface area (Å²) in [7, 11) is 0. The molecule has 0 unspecified atom stereocenters. The lowest BCUT2D eigenvalue weighted by atomic mass is 10.1. The number of rotatable bonds is 1. The van der Waals surface area contributed by atoms with E-state index in [1.165, 1.54) is 6.07 Å². The van der Waals surface area contributed by atoms with Gasteiger partial charge >= 0.3 is 0 Å². The Bertz CT molecular complexity index is 401. The molecule has 100 valence electrons. The van der Waals surface area contributed by atoms with Crippen molar-refractivity contribution >= 4 is 5.91 Å². The predicted octanol–water partition coefficient (Wildman–Crippen LogP) is 2.63. The van der Waals surface area contributed by atoms with E-state index in [0.717, 1.165) is 5.56 Å². The molecule has 0 N–H and O–H groups in total. The van der Waals surface area contributed by atoms with E-state index in [0.29, 0.717) is 26.3 Å². The Balaban J connectivity index is 0.000000771. The summed E-state index contributed by atoms with van der Waals surface area (Å²) in [4.78, 5) is 13.6. The van der Waals surface area contributed by atoms with Gasteiger partial charge in [0.25, 0.3) is 5.91 Å². The van der Waals surface area contributed by atoms with Crippen molar-refractivity contribution in [3.8, 4) is 0 Å². The van der Waals surface area contributed by atoms with Crippen molar-refractivity contribution in [2.45, 2.75) is 20.8 Å². The lowest BCUT2D eigenvalue weighted by Crippen LogP contribution is -2.41. The first kappa shape index (κ1) is 14.6. The van der Waals surface area contributed by atoms with Crippen LogP contribution < -0.4 is 0 Å². The Morgan fingerprint density at radius 3 is 2.50 bits per heavy atom. The van der Waals surface area contributed by atoms with Crippen LogP contribution in [0.2, 0.25) is 0 Å². The van der Waals surface area contributed by atoms with Gasteiger partial charge in [-0.1, -0.05) is 25.5 Å². The van der Waals surface area contributed by atoms with Crippen LogP contribution in [0.3, 0.4) is 0 Å². The van der Waals surface area contributed by atoms with E-state index in [9.17, 15) is 9.18 Å². The fourth-order valence-electron chi connectivity index (χ4n) is 1.74. The van der Waals surface area contributed by atoms with Crippen molar-refractivity contribution in [1.82, 2.24) is 4.90 Å². The van der Waals surface area contributed by atoms with E-state index < -0.39 is 5.82 Å². The summed E-state index contributed by atoms with van der Waals surface area (Å²) in [6.45, 7) is 7.96. The number of ether oxygens (including phenoxy) is 1. The highest BCUT2D eigenvalue weighted by molar-refractivity contribution is 5.94. The average Bonchev–Trinajstić information content (AvgIpc) is 2.44. The van der Waals surface area contributed by atoms with Crippen LogP contribution in [-0.4, -0.2) is 37.1 Å². The molecule has 2 rings (SSSR count). The standard InChI is InChI=1S/C12H14FNO2.C2H6/c1-9-2-3-11(13)10(8-9)12(15)14-4-6-16-7-5-14;1-2/h2-3,8H,4-7H2,1H3;1-2H3. The molecule has 0 aromatic heterocycles. The van der Waals surface area contributed by atoms with Gasteiger partial charge in [0.15, 0.2) is 0 Å². The highest BCUT2D eigenvalue weighted by Crippen LogP contribution is 2.13. The van der Waals surface area contributed by atoms with Crippen LogP contribution in [0.1, 0.15) is 29.8 Å². The van der Waals surface area contributed by atoms with Gasteiger partial charge in [0, 0.05) is 13.1 Å². The van der Waals surface area contributed by atoms with Gasteiger partial charge in [-0.3, -0.25) is 4.79 Å². The molecule has 0 radical (unpaired) electrons. The van der Waals surface area contributed by atoms with E-state index in [4.69, 9.17) is 4.74 Å². The molecule has 0 aliphatic carbocycles. The molecule has 1 aromatic carbocycles. The first-order valence-electron chi connectivity index (χ1n) is 6.31. The Kier molecular flexibility index (Phi) is 5.78. The molecule has 18 heavy (non-hydrogen) atoms. The van der Waals surface area contributed by atoms with Crippen LogP contribution in [-0.2, 0) is 4.74 Å². The van der Waals surface area contributed by atoms with Crippen LogP contribution >= 0.6 is 0 Å². The van der Waals surface area contributed by atoms with E-state index in [2.05, 4.69) is 0 Å². The largest absolute Gasteiger partial charge is 0.378 e. The van der Waals surface area contributed by atoms with Crippen LogP contribution in [0.25, 0.3) is 0 Å². The monoisotopic (exact) mass is 253 g/mol. The minimum atomic E-state index is -0.456. The zero-order valence-corrected chi connectivity index (χ0v) is 11.2. The highest BCUT2D eigenvalue weighted by Gasteiger charge is 2.21.